The Bertz CT molecular complexity index is 1900. The molecule has 12 nitrogen and oxygen atoms in total. The number of carbonyl (C=O) groups is 4. The van der Waals surface area contributed by atoms with E-state index in [1.165, 1.54) is 6.07 Å². The van der Waals surface area contributed by atoms with Gasteiger partial charge in [0.1, 0.15) is 22.7 Å². The molecule has 0 saturated heterocycles. The number of fused-ring (bicyclic) bond motifs is 5. The van der Waals surface area contributed by atoms with Gasteiger partial charge in [-0.3, -0.25) is 24.0 Å². The third-order valence-corrected chi connectivity index (χ3v) is 8.79. The summed E-state index contributed by atoms with van der Waals surface area (Å²) >= 11 is 1.92. The van der Waals surface area contributed by atoms with Gasteiger partial charge in [0.15, 0.2) is 23.1 Å². The van der Waals surface area contributed by atoms with Gasteiger partial charge in [0.05, 0.1) is 46.7 Å². The average molecular weight is 642 g/mol. The minimum Gasteiger partial charge on any atom is -0.507 e. The molecule has 1 spiro atoms. The molecule has 2 aromatic carbocycles. The van der Waals surface area contributed by atoms with E-state index in [1.54, 1.807) is 0 Å². The molecule has 0 fully saturated rings. The first-order valence-electron chi connectivity index (χ1n) is 11.4. The van der Waals surface area contributed by atoms with Crippen LogP contribution in [0.15, 0.2) is 27.9 Å². The molecule has 0 aliphatic heterocycles. The fourth-order valence-corrected chi connectivity index (χ4v) is 6.90. The van der Waals surface area contributed by atoms with Crippen LogP contribution >= 0.6 is 22.6 Å². The maximum atomic E-state index is 14.0. The number of phenols is 3. The van der Waals surface area contributed by atoms with E-state index in [9.17, 15) is 39.3 Å². The van der Waals surface area contributed by atoms with Crippen molar-refractivity contribution in [3.05, 3.63) is 70.9 Å². The van der Waals surface area contributed by atoms with Crippen molar-refractivity contribution in [1.82, 2.24) is 4.98 Å². The number of phenolic OH excluding ortho intramolecular Hbond substituents is 3. The summed E-state index contributed by atoms with van der Waals surface area (Å²) < 4.78 is 5.35. The molecule has 3 aromatic rings. The average Bonchev–Trinajstić information content (AvgIpc) is 3.40. The Morgan fingerprint density at radius 2 is 1.64 bits per heavy atom. The number of allylic oxidation sites excluding steroid dienone is 2. The van der Waals surface area contributed by atoms with E-state index in [0.29, 0.717) is 9.13 Å². The van der Waals surface area contributed by atoms with Crippen molar-refractivity contribution in [3.8, 4) is 17.2 Å². The maximum Gasteiger partial charge on any atom is 0.260 e. The Labute approximate surface area is 230 Å². The van der Waals surface area contributed by atoms with Crippen LogP contribution < -0.4 is 5.56 Å². The summed E-state index contributed by atoms with van der Waals surface area (Å²) in [7, 11) is 1.13. The van der Waals surface area contributed by atoms with E-state index in [4.69, 9.17) is 9.94 Å². The first-order chi connectivity index (χ1) is 18.5. The Kier molecular flexibility index (Phi) is 5.08. The number of nitrogens with one attached hydrogen (secondary N) is 1. The van der Waals surface area contributed by atoms with Crippen molar-refractivity contribution in [3.63, 3.8) is 0 Å². The SMILES string of the molecule is COC1=CC(=O)c2c(O)c3c(c(O)c2C1=O)C(=O)[C@]1(CCc2c1c(O)c1c(=O)[nH]c(C=NO)cc1c2I)C3=O. The highest BCUT2D eigenvalue weighted by Crippen LogP contribution is 2.58. The lowest BCUT2D eigenvalue weighted by Crippen LogP contribution is -2.36. The van der Waals surface area contributed by atoms with Gasteiger partial charge in [0.25, 0.3) is 5.56 Å². The van der Waals surface area contributed by atoms with E-state index in [1.807, 2.05) is 22.6 Å². The van der Waals surface area contributed by atoms with Crippen LogP contribution in [0.1, 0.15) is 64.7 Å². The highest BCUT2D eigenvalue weighted by Gasteiger charge is 2.62. The molecule has 0 amide bonds. The molecule has 13 heteroatoms. The number of methoxy groups -OCH3 is 1. The van der Waals surface area contributed by atoms with E-state index in [-0.39, 0.29) is 34.9 Å². The molecule has 0 radical (unpaired) electrons. The summed E-state index contributed by atoms with van der Waals surface area (Å²) in [4.78, 5) is 69.1. The van der Waals surface area contributed by atoms with E-state index in [2.05, 4.69) is 10.1 Å². The van der Waals surface area contributed by atoms with Gasteiger partial charge in [-0.2, -0.15) is 0 Å². The van der Waals surface area contributed by atoms with Crippen molar-refractivity contribution >= 4 is 62.7 Å². The lowest BCUT2D eigenvalue weighted by Gasteiger charge is -2.23. The number of carbonyl (C=O) groups excluding carboxylic acids is 4. The molecule has 196 valence electrons. The standard InChI is InChI=1S/C26H15IN2O10/c1-39-11-5-10(30)13-14(19(11)31)21(33)16-15(20(13)32)23(35)26(24(16)36)3-2-8-17(26)22(34)12-9(18(8)27)4-7(6-28-38)29-25(12)37/h4-6,32-34,38H,2-3H2,1H3,(H,29,37)/t26-/m0/s1. The second kappa shape index (κ2) is 7.99. The number of ketones is 4. The first kappa shape index (κ1) is 24.8. The van der Waals surface area contributed by atoms with Gasteiger partial charge in [0, 0.05) is 20.6 Å². The maximum absolute atomic E-state index is 14.0. The van der Waals surface area contributed by atoms with Crippen LogP contribution in [0.25, 0.3) is 10.8 Å². The largest absolute Gasteiger partial charge is 0.507 e. The second-order valence-corrected chi connectivity index (χ2v) is 10.3. The number of rotatable bonds is 2. The molecule has 3 aliphatic carbocycles. The Hall–Kier alpha value is -4.53. The predicted octanol–water partition coefficient (Wildman–Crippen LogP) is 2.23. The number of H-pyrrole nitrogens is 1. The zero-order chi connectivity index (χ0) is 28.1. The Morgan fingerprint density at radius 1 is 1.00 bits per heavy atom. The minimum absolute atomic E-state index is 0.104. The molecule has 1 atom stereocenters. The number of pyridine rings is 1. The molecule has 6 rings (SSSR count). The number of hydrogen-bond acceptors (Lipinski definition) is 11. The fraction of sp³-hybridized carbons (Fsp3) is 0.154. The third kappa shape index (κ3) is 2.82. The van der Waals surface area contributed by atoms with Crippen molar-refractivity contribution in [2.45, 2.75) is 18.3 Å². The van der Waals surface area contributed by atoms with Crippen LogP contribution in [0.2, 0.25) is 0 Å². The van der Waals surface area contributed by atoms with Gasteiger partial charge in [0.2, 0.25) is 5.78 Å². The smallest absolute Gasteiger partial charge is 0.260 e. The summed E-state index contributed by atoms with van der Waals surface area (Å²) in [6.45, 7) is 0. The first-order valence-corrected chi connectivity index (χ1v) is 12.4. The van der Waals surface area contributed by atoms with Gasteiger partial charge in [-0.1, -0.05) is 5.16 Å². The lowest BCUT2D eigenvalue weighted by atomic mass is 9.76. The normalized spacial score (nSPS) is 19.7. The third-order valence-electron chi connectivity index (χ3n) is 7.56. The molecule has 0 saturated carbocycles. The van der Waals surface area contributed by atoms with E-state index in [0.717, 1.165) is 19.4 Å². The monoisotopic (exact) mass is 642 g/mol. The number of Topliss-reactive ketones (excluding diaryl/α,β-unsaturated/α-hetero) is 3. The molecule has 0 bridgehead atoms. The zero-order valence-corrected chi connectivity index (χ0v) is 21.9. The lowest BCUT2D eigenvalue weighted by molar-refractivity contribution is 0.0790. The molecule has 5 N–H and O–H groups in total. The summed E-state index contributed by atoms with van der Waals surface area (Å²) in [5.41, 5.74) is -5.13. The second-order valence-electron chi connectivity index (χ2n) is 9.27. The number of aromatic amines is 1. The molecular formula is C26H15IN2O10. The minimum atomic E-state index is -2.13. The Morgan fingerprint density at radius 3 is 2.26 bits per heavy atom. The van der Waals surface area contributed by atoms with Gasteiger partial charge in [-0.15, -0.1) is 0 Å². The zero-order valence-electron chi connectivity index (χ0n) is 19.7. The van der Waals surface area contributed by atoms with E-state index >= 15 is 0 Å². The highest BCUT2D eigenvalue weighted by atomic mass is 127. The molecular weight excluding hydrogens is 627 g/mol. The van der Waals surface area contributed by atoms with Crippen molar-refractivity contribution in [2.75, 3.05) is 7.11 Å². The molecule has 0 unspecified atom stereocenters. The number of oxime groups is 1. The van der Waals surface area contributed by atoms with Gasteiger partial charge in [-0.25, -0.2) is 0 Å². The van der Waals surface area contributed by atoms with Gasteiger partial charge in [-0.05, 0) is 47.1 Å². The number of ether oxygens (including phenoxy) is 1. The topological polar surface area (TPSA) is 204 Å². The highest BCUT2D eigenvalue weighted by molar-refractivity contribution is 14.1. The molecule has 1 aromatic heterocycles. The summed E-state index contributed by atoms with van der Waals surface area (Å²) in [6, 6.07) is 1.46. The van der Waals surface area contributed by atoms with Crippen LogP contribution in [0, 0.1) is 3.57 Å². The van der Waals surface area contributed by atoms with Crippen molar-refractivity contribution in [1.29, 1.82) is 0 Å². The van der Waals surface area contributed by atoms with Crippen molar-refractivity contribution < 1.29 is 44.4 Å². The number of hydrogen-bond donors (Lipinski definition) is 5. The molecule has 39 heavy (non-hydrogen) atoms. The number of aromatic hydroxyl groups is 3. The summed E-state index contributed by atoms with van der Waals surface area (Å²) in [6.07, 6.45) is 1.72. The predicted molar refractivity (Wildman–Crippen MR) is 141 cm³/mol. The quantitative estimate of drug-likeness (QED) is 0.0689. The van der Waals surface area contributed by atoms with Crippen LogP contribution in [-0.4, -0.2) is 62.0 Å². The summed E-state index contributed by atoms with van der Waals surface area (Å²) in [5, 5.41) is 45.3. The molecule has 1 heterocycles. The van der Waals surface area contributed by atoms with Crippen LogP contribution in [0.4, 0.5) is 0 Å². The van der Waals surface area contributed by atoms with Crippen molar-refractivity contribution in [2.24, 2.45) is 5.16 Å². The summed E-state index contributed by atoms with van der Waals surface area (Å²) in [5.74, 6) is -6.81. The number of benzene rings is 2. The van der Waals surface area contributed by atoms with Gasteiger partial charge < -0.3 is 30.2 Å². The molecule has 3 aliphatic rings. The van der Waals surface area contributed by atoms with Gasteiger partial charge >= 0.3 is 0 Å². The van der Waals surface area contributed by atoms with Crippen LogP contribution in [0.3, 0.4) is 0 Å². The number of aromatic nitrogens is 1. The van der Waals surface area contributed by atoms with E-state index < -0.39 is 79.4 Å². The van der Waals surface area contributed by atoms with Crippen LogP contribution in [-0.2, 0) is 16.6 Å². The fourth-order valence-electron chi connectivity index (χ4n) is 5.93. The Balaban J connectivity index is 1.67. The van der Waals surface area contributed by atoms with Crippen LogP contribution in [0.5, 0.6) is 17.2 Å². The number of nitrogens with zero attached hydrogens (tertiary/aromatic N) is 1. The number of halogens is 1.